The van der Waals surface area contributed by atoms with Gasteiger partial charge in [-0.25, -0.2) is 0 Å². The number of likely N-dealkylation sites (N-methyl/N-ethyl adjacent to an activating group) is 1. The van der Waals surface area contributed by atoms with Crippen LogP contribution in [0.25, 0.3) is 0 Å². The van der Waals surface area contributed by atoms with Crippen molar-refractivity contribution < 1.29 is 0 Å². The van der Waals surface area contributed by atoms with Crippen molar-refractivity contribution in [2.45, 2.75) is 32.4 Å². The van der Waals surface area contributed by atoms with Gasteiger partial charge in [0.2, 0.25) is 0 Å². The minimum atomic E-state index is 0.590. The Morgan fingerprint density at radius 3 is 3.06 bits per heavy atom. The molecule has 88 valence electrons. The number of aromatic nitrogens is 2. The van der Waals surface area contributed by atoms with Crippen molar-refractivity contribution in [3.05, 3.63) is 17.0 Å². The summed E-state index contributed by atoms with van der Waals surface area (Å²) in [6.07, 6.45) is 2.38. The molecule has 0 radical (unpaired) electrons. The van der Waals surface area contributed by atoms with E-state index in [4.69, 9.17) is 5.10 Å². The van der Waals surface area contributed by atoms with Crippen LogP contribution in [-0.2, 0) is 13.0 Å². The molecule has 1 aromatic heterocycles. The van der Waals surface area contributed by atoms with Gasteiger partial charge in [-0.1, -0.05) is 0 Å². The third-order valence-corrected chi connectivity index (χ3v) is 3.88. The first-order chi connectivity index (χ1) is 7.75. The van der Waals surface area contributed by atoms with Gasteiger partial charge in [-0.05, 0) is 45.5 Å². The van der Waals surface area contributed by atoms with Crippen LogP contribution in [0.1, 0.15) is 29.4 Å². The molecule has 3 heterocycles. The Balaban J connectivity index is 1.95. The van der Waals surface area contributed by atoms with Crippen LogP contribution in [0.2, 0.25) is 0 Å². The number of nitrogens with zero attached hydrogens (tertiary/aromatic N) is 3. The second-order valence-corrected chi connectivity index (χ2v) is 5.09. The van der Waals surface area contributed by atoms with E-state index in [1.54, 1.807) is 0 Å². The van der Waals surface area contributed by atoms with Gasteiger partial charge in [0.15, 0.2) is 0 Å². The van der Waals surface area contributed by atoms with Crippen molar-refractivity contribution in [2.75, 3.05) is 26.7 Å². The summed E-state index contributed by atoms with van der Waals surface area (Å²) in [6, 6.07) is 0.590. The van der Waals surface area contributed by atoms with Crippen LogP contribution in [0.15, 0.2) is 0 Å². The lowest BCUT2D eigenvalue weighted by Crippen LogP contribution is -2.27. The molecule has 0 aromatic carbocycles. The number of hydrogen-bond acceptors (Lipinski definition) is 3. The van der Waals surface area contributed by atoms with Gasteiger partial charge in [0, 0.05) is 13.1 Å². The van der Waals surface area contributed by atoms with E-state index in [1.807, 2.05) is 0 Å². The second kappa shape index (κ2) is 3.86. The lowest BCUT2D eigenvalue weighted by Gasteiger charge is -2.19. The number of aryl methyl sites for hydroxylation is 1. The number of fused-ring (bicyclic) bond motifs is 1. The van der Waals surface area contributed by atoms with Gasteiger partial charge >= 0.3 is 0 Å². The summed E-state index contributed by atoms with van der Waals surface area (Å²) in [4.78, 5) is 2.39. The minimum absolute atomic E-state index is 0.590. The van der Waals surface area contributed by atoms with E-state index in [0.717, 1.165) is 26.1 Å². The third kappa shape index (κ3) is 1.57. The molecule has 1 atom stereocenters. The van der Waals surface area contributed by atoms with Gasteiger partial charge in [-0.2, -0.15) is 5.10 Å². The zero-order chi connectivity index (χ0) is 11.1. The van der Waals surface area contributed by atoms with E-state index in [9.17, 15) is 0 Å². The standard InChI is InChI=1S/C12H20N4/c1-9-11-3-5-13-7-12(11)16(14-9)10-4-6-15(2)8-10/h10,13H,3-8H2,1-2H3. The van der Waals surface area contributed by atoms with Crippen LogP contribution in [0.5, 0.6) is 0 Å². The Bertz CT molecular complexity index is 396. The molecular weight excluding hydrogens is 200 g/mol. The highest BCUT2D eigenvalue weighted by atomic mass is 15.3. The third-order valence-electron chi connectivity index (χ3n) is 3.88. The highest BCUT2D eigenvalue weighted by Crippen LogP contribution is 2.26. The topological polar surface area (TPSA) is 33.1 Å². The van der Waals surface area contributed by atoms with Crippen LogP contribution in [0.3, 0.4) is 0 Å². The Labute approximate surface area is 96.6 Å². The van der Waals surface area contributed by atoms with Gasteiger partial charge < -0.3 is 10.2 Å². The lowest BCUT2D eigenvalue weighted by molar-refractivity contribution is 0.374. The molecule has 2 aliphatic heterocycles. The summed E-state index contributed by atoms with van der Waals surface area (Å²) in [7, 11) is 2.20. The highest BCUT2D eigenvalue weighted by molar-refractivity contribution is 5.28. The Morgan fingerprint density at radius 2 is 2.31 bits per heavy atom. The van der Waals surface area contributed by atoms with Crippen molar-refractivity contribution in [1.82, 2.24) is 20.0 Å². The molecule has 1 N–H and O–H groups in total. The molecule has 0 spiro atoms. The quantitative estimate of drug-likeness (QED) is 0.757. The Hall–Kier alpha value is -0.870. The van der Waals surface area contributed by atoms with Crippen LogP contribution in [-0.4, -0.2) is 41.4 Å². The summed E-state index contributed by atoms with van der Waals surface area (Å²) in [5.41, 5.74) is 4.17. The zero-order valence-corrected chi connectivity index (χ0v) is 10.2. The van der Waals surface area contributed by atoms with Gasteiger partial charge in [-0.3, -0.25) is 4.68 Å². The maximum atomic E-state index is 4.76. The summed E-state index contributed by atoms with van der Waals surface area (Å²) < 4.78 is 2.29. The van der Waals surface area contributed by atoms with Crippen LogP contribution < -0.4 is 5.32 Å². The van der Waals surface area contributed by atoms with Crippen LogP contribution in [0.4, 0.5) is 0 Å². The fourth-order valence-electron chi connectivity index (χ4n) is 2.98. The summed E-state index contributed by atoms with van der Waals surface area (Å²) >= 11 is 0. The fourth-order valence-corrected chi connectivity index (χ4v) is 2.98. The molecule has 0 bridgehead atoms. The molecule has 3 rings (SSSR count). The SMILES string of the molecule is Cc1nn(C2CCN(C)C2)c2c1CCNC2. The second-order valence-electron chi connectivity index (χ2n) is 5.09. The lowest BCUT2D eigenvalue weighted by atomic mass is 10.1. The zero-order valence-electron chi connectivity index (χ0n) is 10.2. The largest absolute Gasteiger partial charge is 0.311 e. The highest BCUT2D eigenvalue weighted by Gasteiger charge is 2.27. The van der Waals surface area contributed by atoms with Crippen molar-refractivity contribution >= 4 is 0 Å². The first kappa shape index (κ1) is 10.3. The minimum Gasteiger partial charge on any atom is -0.311 e. The molecule has 2 aliphatic rings. The van der Waals surface area contributed by atoms with E-state index in [1.165, 1.54) is 29.9 Å². The van der Waals surface area contributed by atoms with Crippen LogP contribution >= 0.6 is 0 Å². The molecular formula is C12H20N4. The molecule has 1 fully saturated rings. The first-order valence-corrected chi connectivity index (χ1v) is 6.22. The van der Waals surface area contributed by atoms with E-state index < -0.39 is 0 Å². The monoisotopic (exact) mass is 220 g/mol. The normalized spacial score (nSPS) is 26.0. The van der Waals surface area contributed by atoms with Gasteiger partial charge in [0.05, 0.1) is 17.4 Å². The first-order valence-electron chi connectivity index (χ1n) is 6.22. The molecule has 1 unspecified atom stereocenters. The molecule has 0 amide bonds. The maximum absolute atomic E-state index is 4.76. The molecule has 1 saturated heterocycles. The maximum Gasteiger partial charge on any atom is 0.0662 e. The van der Waals surface area contributed by atoms with Crippen LogP contribution in [0, 0.1) is 6.92 Å². The Kier molecular flexibility index (Phi) is 2.48. The molecule has 16 heavy (non-hydrogen) atoms. The van der Waals surface area contributed by atoms with Gasteiger partial charge in [-0.15, -0.1) is 0 Å². The van der Waals surface area contributed by atoms with E-state index >= 15 is 0 Å². The van der Waals surface area contributed by atoms with E-state index in [2.05, 4.69) is 28.9 Å². The van der Waals surface area contributed by atoms with Crippen molar-refractivity contribution in [3.63, 3.8) is 0 Å². The van der Waals surface area contributed by atoms with E-state index in [0.29, 0.717) is 6.04 Å². The summed E-state index contributed by atoms with van der Waals surface area (Å²) in [5.74, 6) is 0. The average Bonchev–Trinajstić information content (AvgIpc) is 2.84. The molecule has 0 aliphatic carbocycles. The van der Waals surface area contributed by atoms with Crippen molar-refractivity contribution in [2.24, 2.45) is 0 Å². The molecule has 1 aromatic rings. The van der Waals surface area contributed by atoms with Crippen molar-refractivity contribution in [3.8, 4) is 0 Å². The molecule has 4 heteroatoms. The molecule has 4 nitrogen and oxygen atoms in total. The van der Waals surface area contributed by atoms with Gasteiger partial charge in [0.1, 0.15) is 0 Å². The number of likely N-dealkylation sites (tertiary alicyclic amines) is 1. The average molecular weight is 220 g/mol. The predicted molar refractivity (Wildman–Crippen MR) is 63.5 cm³/mol. The summed E-state index contributed by atoms with van der Waals surface area (Å²) in [6.45, 7) is 6.60. The predicted octanol–water partition coefficient (Wildman–Crippen LogP) is 0.714. The number of hydrogen-bond donors (Lipinski definition) is 1. The Morgan fingerprint density at radius 1 is 1.44 bits per heavy atom. The molecule has 0 saturated carbocycles. The van der Waals surface area contributed by atoms with Crippen molar-refractivity contribution in [1.29, 1.82) is 0 Å². The van der Waals surface area contributed by atoms with Gasteiger partial charge in [0.25, 0.3) is 0 Å². The fraction of sp³-hybridized carbons (Fsp3) is 0.750. The smallest absolute Gasteiger partial charge is 0.0662 e. The summed E-state index contributed by atoms with van der Waals surface area (Å²) in [5, 5.41) is 8.21. The number of nitrogens with one attached hydrogen (secondary N) is 1. The van der Waals surface area contributed by atoms with E-state index in [-0.39, 0.29) is 0 Å². The number of rotatable bonds is 1.